The fourth-order valence-electron chi connectivity index (χ4n) is 1.88. The van der Waals surface area contributed by atoms with Gasteiger partial charge >= 0.3 is 0 Å². The van der Waals surface area contributed by atoms with Crippen molar-refractivity contribution in [3.8, 4) is 5.82 Å². The molecule has 0 unspecified atom stereocenters. The molecule has 0 amide bonds. The number of aromatic nitrogens is 4. The van der Waals surface area contributed by atoms with Crippen molar-refractivity contribution < 1.29 is 4.79 Å². The highest BCUT2D eigenvalue weighted by molar-refractivity contribution is 5.97. The summed E-state index contributed by atoms with van der Waals surface area (Å²) in [5, 5.41) is 9.54. The molecule has 2 aromatic heterocycles. The standard InChI is InChI=1S/C13H8N4O/c18-8-5-10-9-14-13(17-7-6-15-16-17)12-4-2-1-3-11(10)12/h1-7,9H. The average Bonchev–Trinajstić information content (AvgIpc) is 2.93. The van der Waals surface area contributed by atoms with Crippen molar-refractivity contribution in [2.45, 2.75) is 0 Å². The molecule has 0 aliphatic heterocycles. The van der Waals surface area contributed by atoms with Gasteiger partial charge in [-0.25, -0.2) is 14.5 Å². The molecular weight excluding hydrogens is 228 g/mol. The summed E-state index contributed by atoms with van der Waals surface area (Å²) in [6.45, 7) is 0. The zero-order valence-electron chi connectivity index (χ0n) is 9.32. The summed E-state index contributed by atoms with van der Waals surface area (Å²) in [6.07, 6.45) is 6.32. The minimum Gasteiger partial charge on any atom is -0.236 e. The Morgan fingerprint density at radius 1 is 1.22 bits per heavy atom. The molecule has 0 spiro atoms. The quantitative estimate of drug-likeness (QED) is 0.635. The van der Waals surface area contributed by atoms with Gasteiger partial charge in [-0.2, -0.15) is 0 Å². The molecule has 86 valence electrons. The summed E-state index contributed by atoms with van der Waals surface area (Å²) < 4.78 is 1.59. The van der Waals surface area contributed by atoms with Crippen LogP contribution < -0.4 is 0 Å². The summed E-state index contributed by atoms with van der Waals surface area (Å²) in [5.74, 6) is 2.47. The molecule has 0 aliphatic rings. The van der Waals surface area contributed by atoms with Crippen LogP contribution >= 0.6 is 0 Å². The molecule has 0 saturated heterocycles. The Kier molecular flexibility index (Phi) is 2.44. The molecule has 0 aliphatic carbocycles. The predicted molar refractivity (Wildman–Crippen MR) is 66.8 cm³/mol. The number of nitrogens with zero attached hydrogens (tertiary/aromatic N) is 4. The Labute approximate surface area is 102 Å². The van der Waals surface area contributed by atoms with E-state index in [1.54, 1.807) is 29.2 Å². The third-order valence-corrected chi connectivity index (χ3v) is 2.66. The zero-order valence-corrected chi connectivity index (χ0v) is 9.32. The molecule has 3 aromatic rings. The van der Waals surface area contributed by atoms with Gasteiger partial charge in [-0.1, -0.05) is 29.5 Å². The number of fused-ring (bicyclic) bond motifs is 1. The summed E-state index contributed by atoms with van der Waals surface area (Å²) in [4.78, 5) is 14.8. The summed E-state index contributed by atoms with van der Waals surface area (Å²) >= 11 is 0. The smallest absolute Gasteiger partial charge is 0.162 e. The van der Waals surface area contributed by atoms with E-state index in [1.807, 2.05) is 24.3 Å². The molecule has 2 heterocycles. The van der Waals surface area contributed by atoms with Gasteiger partial charge in [0.05, 0.1) is 12.4 Å². The SMILES string of the molecule is O=C=Cc1cnc(-n2ccnn2)c2ccccc12. The van der Waals surface area contributed by atoms with E-state index in [1.165, 1.54) is 6.08 Å². The van der Waals surface area contributed by atoms with E-state index >= 15 is 0 Å². The Hall–Kier alpha value is -2.78. The largest absolute Gasteiger partial charge is 0.236 e. The van der Waals surface area contributed by atoms with Gasteiger partial charge in [0.1, 0.15) is 5.94 Å². The van der Waals surface area contributed by atoms with Crippen molar-refractivity contribution >= 4 is 22.8 Å². The second-order valence-corrected chi connectivity index (χ2v) is 3.69. The van der Waals surface area contributed by atoms with E-state index in [0.717, 1.165) is 16.3 Å². The van der Waals surface area contributed by atoms with Crippen LogP contribution in [0.2, 0.25) is 0 Å². The Balaban J connectivity index is 2.36. The number of rotatable bonds is 2. The first-order valence-electron chi connectivity index (χ1n) is 5.35. The Morgan fingerprint density at radius 3 is 2.78 bits per heavy atom. The van der Waals surface area contributed by atoms with Crippen LogP contribution in [0, 0.1) is 0 Å². The van der Waals surface area contributed by atoms with Crippen molar-refractivity contribution in [1.29, 1.82) is 0 Å². The fourth-order valence-corrected chi connectivity index (χ4v) is 1.88. The number of benzene rings is 1. The molecule has 5 heteroatoms. The third kappa shape index (κ3) is 1.59. The van der Waals surface area contributed by atoms with E-state index in [4.69, 9.17) is 0 Å². The van der Waals surface area contributed by atoms with Crippen LogP contribution in [0.3, 0.4) is 0 Å². The van der Waals surface area contributed by atoms with Gasteiger partial charge in [0, 0.05) is 23.2 Å². The van der Waals surface area contributed by atoms with Crippen LogP contribution in [0.5, 0.6) is 0 Å². The maximum atomic E-state index is 10.5. The average molecular weight is 236 g/mol. The van der Waals surface area contributed by atoms with Crippen molar-refractivity contribution in [2.24, 2.45) is 0 Å². The van der Waals surface area contributed by atoms with Gasteiger partial charge in [0.2, 0.25) is 0 Å². The van der Waals surface area contributed by atoms with Gasteiger partial charge in [0.15, 0.2) is 5.82 Å². The lowest BCUT2D eigenvalue weighted by molar-refractivity contribution is 0.570. The van der Waals surface area contributed by atoms with Gasteiger partial charge in [-0.3, -0.25) is 0 Å². The van der Waals surface area contributed by atoms with Crippen LogP contribution in [0.4, 0.5) is 0 Å². The van der Waals surface area contributed by atoms with Crippen LogP contribution in [0.1, 0.15) is 5.56 Å². The number of pyridine rings is 1. The van der Waals surface area contributed by atoms with Gasteiger partial charge in [0.25, 0.3) is 0 Å². The highest BCUT2D eigenvalue weighted by Crippen LogP contribution is 2.23. The van der Waals surface area contributed by atoms with Crippen LogP contribution in [-0.2, 0) is 4.79 Å². The molecule has 0 bridgehead atoms. The predicted octanol–water partition coefficient (Wildman–Crippen LogP) is 1.66. The molecule has 0 atom stereocenters. The first kappa shape index (κ1) is 10.4. The summed E-state index contributed by atoms with van der Waals surface area (Å²) in [7, 11) is 0. The fraction of sp³-hybridized carbons (Fsp3) is 0. The normalized spacial score (nSPS) is 10.2. The van der Waals surface area contributed by atoms with Crippen LogP contribution in [-0.4, -0.2) is 25.9 Å². The second-order valence-electron chi connectivity index (χ2n) is 3.69. The van der Waals surface area contributed by atoms with E-state index in [0.29, 0.717) is 5.82 Å². The summed E-state index contributed by atoms with van der Waals surface area (Å²) in [5.41, 5.74) is 0.740. The maximum Gasteiger partial charge on any atom is 0.162 e. The minimum absolute atomic E-state index is 0.686. The highest BCUT2D eigenvalue weighted by atomic mass is 16.1. The Morgan fingerprint density at radius 2 is 2.06 bits per heavy atom. The van der Waals surface area contributed by atoms with Crippen LogP contribution in [0.15, 0.2) is 42.9 Å². The second kappa shape index (κ2) is 4.24. The van der Waals surface area contributed by atoms with E-state index in [2.05, 4.69) is 15.3 Å². The van der Waals surface area contributed by atoms with Crippen molar-refractivity contribution in [2.75, 3.05) is 0 Å². The molecule has 3 rings (SSSR count). The Bertz CT molecular complexity index is 743. The maximum absolute atomic E-state index is 10.5. The number of hydrogen-bond donors (Lipinski definition) is 0. The topological polar surface area (TPSA) is 60.7 Å². The molecular formula is C13H8N4O. The van der Waals surface area contributed by atoms with E-state index in [-0.39, 0.29) is 0 Å². The molecule has 0 saturated carbocycles. The lowest BCUT2D eigenvalue weighted by atomic mass is 10.1. The van der Waals surface area contributed by atoms with E-state index in [9.17, 15) is 4.79 Å². The first-order valence-corrected chi connectivity index (χ1v) is 5.35. The monoisotopic (exact) mass is 236 g/mol. The highest BCUT2D eigenvalue weighted by Gasteiger charge is 2.07. The lowest BCUT2D eigenvalue weighted by Gasteiger charge is -2.06. The molecule has 0 N–H and O–H groups in total. The van der Waals surface area contributed by atoms with Crippen LogP contribution in [0.25, 0.3) is 22.7 Å². The van der Waals surface area contributed by atoms with Crippen molar-refractivity contribution in [1.82, 2.24) is 20.0 Å². The number of hydrogen-bond acceptors (Lipinski definition) is 4. The number of carbonyl (C=O) groups excluding carboxylic acids is 1. The van der Waals surface area contributed by atoms with Gasteiger partial charge < -0.3 is 0 Å². The zero-order chi connectivity index (χ0) is 12.4. The minimum atomic E-state index is 0.686. The third-order valence-electron chi connectivity index (χ3n) is 2.66. The molecule has 5 nitrogen and oxygen atoms in total. The summed E-state index contributed by atoms with van der Waals surface area (Å²) in [6, 6.07) is 7.69. The molecule has 1 aromatic carbocycles. The van der Waals surface area contributed by atoms with E-state index < -0.39 is 0 Å². The van der Waals surface area contributed by atoms with Crippen molar-refractivity contribution in [3.05, 3.63) is 48.4 Å². The van der Waals surface area contributed by atoms with Crippen molar-refractivity contribution in [3.63, 3.8) is 0 Å². The molecule has 0 radical (unpaired) electrons. The first-order chi connectivity index (χ1) is 8.90. The molecule has 18 heavy (non-hydrogen) atoms. The van der Waals surface area contributed by atoms with Gasteiger partial charge in [-0.15, -0.1) is 5.10 Å². The van der Waals surface area contributed by atoms with Gasteiger partial charge in [-0.05, 0) is 5.39 Å². The molecule has 0 fully saturated rings. The lowest BCUT2D eigenvalue weighted by Crippen LogP contribution is -2.00.